The van der Waals surface area contributed by atoms with Gasteiger partial charge in [-0.3, -0.25) is 0 Å². The Morgan fingerprint density at radius 3 is 2.28 bits per heavy atom. The standard InChI is InChI=1S/C44H48BNO7/c1-44(2)49-32-37-29-36(23-24-39(37)51-44)42-31-46(43(47)50-42)25-12-3-4-13-26-48-27-14-11-16-33-17-15-22-38(28-33)45-52-40(34-18-7-5-8-19-34)30-41(53-45)35-20-9-6-10-21-35/h5-10,15,17-24,28-29,40-42H,3-4,12-14,25-27,30-32H2,1-2H3/t40?,41?,42-/m0/s1. The maximum atomic E-state index is 12.5. The summed E-state index contributed by atoms with van der Waals surface area (Å²) in [6.45, 7) is 6.83. The Kier molecular flexibility index (Phi) is 12.1. The van der Waals surface area contributed by atoms with Crippen molar-refractivity contribution in [2.45, 2.75) is 83.1 Å². The summed E-state index contributed by atoms with van der Waals surface area (Å²) in [5.41, 5.74) is 6.14. The maximum absolute atomic E-state index is 12.5. The molecule has 2 unspecified atom stereocenters. The van der Waals surface area contributed by atoms with Gasteiger partial charge in [0.1, 0.15) is 11.9 Å². The fourth-order valence-electron chi connectivity index (χ4n) is 6.99. The first-order valence-corrected chi connectivity index (χ1v) is 18.9. The first-order chi connectivity index (χ1) is 25.9. The quantitative estimate of drug-likeness (QED) is 0.0782. The third-order valence-corrected chi connectivity index (χ3v) is 9.85. The highest BCUT2D eigenvalue weighted by Gasteiger charge is 2.37. The second-order valence-electron chi connectivity index (χ2n) is 14.3. The molecule has 0 aromatic heterocycles. The van der Waals surface area contributed by atoms with Gasteiger partial charge in [-0.2, -0.15) is 0 Å². The molecule has 3 heterocycles. The van der Waals surface area contributed by atoms with Gasteiger partial charge < -0.3 is 33.2 Å². The van der Waals surface area contributed by atoms with E-state index in [0.29, 0.717) is 39.3 Å². The van der Waals surface area contributed by atoms with Crippen LogP contribution in [-0.4, -0.2) is 50.2 Å². The number of carbonyl (C=O) groups excluding carboxylic acids is 1. The summed E-state index contributed by atoms with van der Waals surface area (Å²) in [7, 11) is -0.496. The summed E-state index contributed by atoms with van der Waals surface area (Å²) in [5, 5.41) is 0. The van der Waals surface area contributed by atoms with Gasteiger partial charge in [0.2, 0.25) is 5.79 Å². The Labute approximate surface area is 313 Å². The number of ether oxygens (including phenoxy) is 4. The number of carbonyl (C=O) groups is 1. The molecule has 9 heteroatoms. The molecule has 53 heavy (non-hydrogen) atoms. The zero-order chi connectivity index (χ0) is 36.5. The van der Waals surface area contributed by atoms with E-state index >= 15 is 0 Å². The molecular weight excluding hydrogens is 665 g/mol. The molecule has 4 aromatic carbocycles. The lowest BCUT2D eigenvalue weighted by molar-refractivity contribution is -0.180. The second kappa shape index (κ2) is 17.5. The number of benzene rings is 4. The number of cyclic esters (lactones) is 1. The molecule has 3 atom stereocenters. The fraction of sp³-hybridized carbons (Fsp3) is 0.386. The van der Waals surface area contributed by atoms with Crippen molar-refractivity contribution in [2.75, 3.05) is 26.3 Å². The smallest absolute Gasteiger partial charge is 0.463 e. The number of nitrogens with zero attached hydrogens (tertiary/aromatic N) is 1. The summed E-state index contributed by atoms with van der Waals surface area (Å²) in [6, 6.07) is 34.8. The lowest BCUT2D eigenvalue weighted by Gasteiger charge is -2.35. The van der Waals surface area contributed by atoms with Crippen molar-refractivity contribution in [3.05, 3.63) is 131 Å². The van der Waals surface area contributed by atoms with Gasteiger partial charge in [0, 0.05) is 51.0 Å². The lowest BCUT2D eigenvalue weighted by Crippen LogP contribution is -2.43. The minimum atomic E-state index is -0.634. The molecule has 0 N–H and O–H groups in total. The largest absolute Gasteiger partial charge is 0.494 e. The van der Waals surface area contributed by atoms with Crippen LogP contribution >= 0.6 is 0 Å². The van der Waals surface area contributed by atoms with Crippen LogP contribution in [0.2, 0.25) is 0 Å². The monoisotopic (exact) mass is 713 g/mol. The third-order valence-electron chi connectivity index (χ3n) is 9.85. The zero-order valence-electron chi connectivity index (χ0n) is 30.7. The summed E-state index contributed by atoms with van der Waals surface area (Å²) in [6.07, 6.45) is 4.74. The molecule has 3 aliphatic rings. The van der Waals surface area contributed by atoms with E-state index in [9.17, 15) is 4.79 Å². The zero-order valence-corrected chi connectivity index (χ0v) is 30.7. The summed E-state index contributed by atoms with van der Waals surface area (Å²) < 4.78 is 36.3. The number of unbranched alkanes of at least 4 members (excludes halogenated alkanes) is 3. The summed E-state index contributed by atoms with van der Waals surface area (Å²) in [4.78, 5) is 14.3. The first kappa shape index (κ1) is 36.8. The van der Waals surface area contributed by atoms with Gasteiger partial charge in [-0.15, -0.1) is 0 Å². The van der Waals surface area contributed by atoms with Crippen molar-refractivity contribution in [3.8, 4) is 17.6 Å². The van der Waals surface area contributed by atoms with Crippen molar-refractivity contribution >= 4 is 18.7 Å². The predicted molar refractivity (Wildman–Crippen MR) is 204 cm³/mol. The average Bonchev–Trinajstić information content (AvgIpc) is 3.56. The van der Waals surface area contributed by atoms with Crippen LogP contribution < -0.4 is 10.2 Å². The van der Waals surface area contributed by atoms with Gasteiger partial charge >= 0.3 is 13.2 Å². The van der Waals surface area contributed by atoms with Crippen LogP contribution in [0.1, 0.15) is 98.5 Å². The molecule has 2 saturated heterocycles. The highest BCUT2D eigenvalue weighted by Crippen LogP contribution is 2.38. The number of amides is 1. The molecule has 0 radical (unpaired) electrons. The van der Waals surface area contributed by atoms with E-state index in [4.69, 9.17) is 28.3 Å². The molecule has 8 nitrogen and oxygen atoms in total. The first-order valence-electron chi connectivity index (χ1n) is 18.9. The highest BCUT2D eigenvalue weighted by atomic mass is 16.7. The minimum Gasteiger partial charge on any atom is -0.463 e. The van der Waals surface area contributed by atoms with Crippen LogP contribution in [0.15, 0.2) is 103 Å². The van der Waals surface area contributed by atoms with E-state index in [2.05, 4.69) is 66.4 Å². The van der Waals surface area contributed by atoms with Gasteiger partial charge in [-0.05, 0) is 59.3 Å². The Bertz CT molecular complexity index is 1830. The second-order valence-corrected chi connectivity index (χ2v) is 14.3. The lowest BCUT2D eigenvalue weighted by atomic mass is 9.75. The average molecular weight is 714 g/mol. The maximum Gasteiger partial charge on any atom is 0.494 e. The van der Waals surface area contributed by atoms with Crippen molar-refractivity contribution in [2.24, 2.45) is 0 Å². The van der Waals surface area contributed by atoms with Crippen LogP contribution in [0.3, 0.4) is 0 Å². The van der Waals surface area contributed by atoms with Crippen molar-refractivity contribution in [1.82, 2.24) is 4.90 Å². The van der Waals surface area contributed by atoms with Gasteiger partial charge in [-0.1, -0.05) is 104 Å². The number of hydrogen-bond donors (Lipinski definition) is 0. The van der Waals surface area contributed by atoms with E-state index in [1.165, 1.54) is 0 Å². The fourth-order valence-corrected chi connectivity index (χ4v) is 6.99. The van der Waals surface area contributed by atoms with Gasteiger partial charge in [-0.25, -0.2) is 4.79 Å². The normalized spacial score (nSPS) is 20.6. The van der Waals surface area contributed by atoms with Gasteiger partial charge in [0.25, 0.3) is 0 Å². The molecule has 0 aliphatic carbocycles. The van der Waals surface area contributed by atoms with Crippen LogP contribution in [0.4, 0.5) is 4.79 Å². The van der Waals surface area contributed by atoms with E-state index < -0.39 is 12.9 Å². The molecule has 274 valence electrons. The Balaban J connectivity index is 0.798. The SMILES string of the molecule is CC1(C)OCc2cc([C@@H]3CN(CCCCCCOCCC#Cc4cccc(B5OC(c6ccccc6)CC(c6ccccc6)O5)c4)C(=O)O3)ccc2O1. The van der Waals surface area contributed by atoms with E-state index in [1.54, 1.807) is 0 Å². The summed E-state index contributed by atoms with van der Waals surface area (Å²) in [5.74, 6) is 6.74. The van der Waals surface area contributed by atoms with Crippen LogP contribution in [0.5, 0.6) is 5.75 Å². The Morgan fingerprint density at radius 1 is 0.792 bits per heavy atom. The number of hydrogen-bond acceptors (Lipinski definition) is 7. The van der Waals surface area contributed by atoms with Crippen LogP contribution in [0, 0.1) is 11.8 Å². The third kappa shape index (κ3) is 9.89. The molecule has 0 saturated carbocycles. The number of rotatable bonds is 13. The molecule has 7 rings (SSSR count). The number of fused-ring (bicyclic) bond motifs is 1. The Morgan fingerprint density at radius 2 is 1.53 bits per heavy atom. The van der Waals surface area contributed by atoms with Gasteiger partial charge in [0.15, 0.2) is 0 Å². The predicted octanol–water partition coefficient (Wildman–Crippen LogP) is 8.46. The van der Waals surface area contributed by atoms with E-state index in [0.717, 1.165) is 71.1 Å². The van der Waals surface area contributed by atoms with Crippen molar-refractivity contribution in [3.63, 3.8) is 0 Å². The molecule has 1 amide bonds. The molecular formula is C44H48BNO7. The van der Waals surface area contributed by atoms with E-state index in [-0.39, 0.29) is 24.4 Å². The van der Waals surface area contributed by atoms with E-state index in [1.807, 2.05) is 67.3 Å². The van der Waals surface area contributed by atoms with Crippen molar-refractivity contribution < 1.29 is 33.1 Å². The topological polar surface area (TPSA) is 75.7 Å². The van der Waals surface area contributed by atoms with Crippen LogP contribution in [0.25, 0.3) is 0 Å². The molecule has 2 fully saturated rings. The molecule has 0 bridgehead atoms. The molecule has 0 spiro atoms. The van der Waals surface area contributed by atoms with Crippen LogP contribution in [-0.2, 0) is 30.1 Å². The summed E-state index contributed by atoms with van der Waals surface area (Å²) >= 11 is 0. The minimum absolute atomic E-state index is 0.0738. The molecule has 4 aromatic rings. The molecule has 3 aliphatic heterocycles. The van der Waals surface area contributed by atoms with Gasteiger partial charge in [0.05, 0.1) is 32.0 Å². The highest BCUT2D eigenvalue weighted by molar-refractivity contribution is 6.61. The van der Waals surface area contributed by atoms with Crippen molar-refractivity contribution in [1.29, 1.82) is 0 Å². The Hall–Kier alpha value is -4.59.